The van der Waals surface area contributed by atoms with Crippen molar-refractivity contribution in [3.63, 3.8) is 0 Å². The molecule has 3 rings (SSSR count). The molecule has 0 saturated heterocycles. The Morgan fingerprint density at radius 3 is 2.67 bits per heavy atom. The van der Waals surface area contributed by atoms with Gasteiger partial charge in [-0.3, -0.25) is 0 Å². The van der Waals surface area contributed by atoms with Crippen LogP contribution in [0.5, 0.6) is 5.88 Å². The summed E-state index contributed by atoms with van der Waals surface area (Å²) in [5, 5.41) is 1.12. The molecule has 0 unspecified atom stereocenters. The number of halogens is 1. The van der Waals surface area contributed by atoms with E-state index in [0.29, 0.717) is 17.2 Å². The lowest BCUT2D eigenvalue weighted by Gasteiger charge is -2.34. The molecule has 1 aliphatic rings. The summed E-state index contributed by atoms with van der Waals surface area (Å²) in [4.78, 5) is 4.63. The van der Waals surface area contributed by atoms with Gasteiger partial charge in [0, 0.05) is 17.3 Å². The quantitative estimate of drug-likeness (QED) is 0.716. The Kier molecular flexibility index (Phi) is 4.08. The second kappa shape index (κ2) is 5.84. The summed E-state index contributed by atoms with van der Waals surface area (Å²) < 4.78 is 6.13. The predicted octanol–water partition coefficient (Wildman–Crippen LogP) is 5.32. The van der Waals surface area contributed by atoms with Gasteiger partial charge in [0.15, 0.2) is 0 Å². The largest absolute Gasteiger partial charge is 0.474 e. The lowest BCUT2D eigenvalue weighted by molar-refractivity contribution is 0.0951. The van der Waals surface area contributed by atoms with Crippen molar-refractivity contribution >= 4 is 22.5 Å². The van der Waals surface area contributed by atoms with Crippen molar-refractivity contribution in [2.45, 2.75) is 51.5 Å². The van der Waals surface area contributed by atoms with Crippen LogP contribution in [0.25, 0.3) is 10.9 Å². The minimum absolute atomic E-state index is 0.287. The molecule has 3 heteroatoms. The SMILES string of the molecule is CC1(C)CCC(Oc2cc(CCl)c3ccccc3n2)CC1. The molecule has 0 N–H and O–H groups in total. The Morgan fingerprint density at radius 2 is 1.95 bits per heavy atom. The molecule has 21 heavy (non-hydrogen) atoms. The molecule has 0 aliphatic heterocycles. The molecule has 0 spiro atoms. The van der Waals surface area contributed by atoms with E-state index in [2.05, 4.69) is 24.9 Å². The molecule has 0 bridgehead atoms. The van der Waals surface area contributed by atoms with Crippen LogP contribution in [0.3, 0.4) is 0 Å². The van der Waals surface area contributed by atoms with E-state index < -0.39 is 0 Å². The molecule has 112 valence electrons. The summed E-state index contributed by atoms with van der Waals surface area (Å²) >= 11 is 6.07. The first-order valence-electron chi connectivity index (χ1n) is 7.69. The van der Waals surface area contributed by atoms with Gasteiger partial charge in [-0.05, 0) is 42.7 Å². The number of alkyl halides is 1. The number of rotatable bonds is 3. The molecule has 1 saturated carbocycles. The van der Waals surface area contributed by atoms with Crippen molar-refractivity contribution in [1.29, 1.82) is 0 Å². The third-order valence-electron chi connectivity index (χ3n) is 4.50. The van der Waals surface area contributed by atoms with E-state index in [4.69, 9.17) is 16.3 Å². The number of para-hydroxylation sites is 1. The normalized spacial score (nSPS) is 18.8. The van der Waals surface area contributed by atoms with Gasteiger partial charge >= 0.3 is 0 Å². The van der Waals surface area contributed by atoms with Crippen LogP contribution in [-0.2, 0) is 5.88 Å². The maximum Gasteiger partial charge on any atom is 0.214 e. The monoisotopic (exact) mass is 303 g/mol. The first-order chi connectivity index (χ1) is 10.1. The Bertz CT molecular complexity index is 628. The third kappa shape index (κ3) is 3.32. The van der Waals surface area contributed by atoms with Crippen LogP contribution in [0.1, 0.15) is 45.1 Å². The number of nitrogens with zero attached hydrogens (tertiary/aromatic N) is 1. The highest BCUT2D eigenvalue weighted by atomic mass is 35.5. The Labute approximate surface area is 131 Å². The number of aromatic nitrogens is 1. The molecule has 1 aliphatic carbocycles. The van der Waals surface area contributed by atoms with E-state index in [1.165, 1.54) is 12.8 Å². The Hall–Kier alpha value is -1.28. The van der Waals surface area contributed by atoms with E-state index in [0.717, 1.165) is 29.3 Å². The smallest absolute Gasteiger partial charge is 0.214 e. The van der Waals surface area contributed by atoms with Gasteiger partial charge in [-0.2, -0.15) is 0 Å². The summed E-state index contributed by atoms with van der Waals surface area (Å²) in [5.74, 6) is 1.20. The standard InChI is InChI=1S/C18H22ClNO/c1-18(2)9-7-14(8-10-18)21-17-11-13(12-19)15-5-3-4-6-16(15)20-17/h3-6,11,14H,7-10,12H2,1-2H3. The van der Waals surface area contributed by atoms with Gasteiger partial charge in [-0.25, -0.2) is 4.98 Å². The first kappa shape index (κ1) is 14.6. The van der Waals surface area contributed by atoms with Gasteiger partial charge in [0.05, 0.1) is 5.52 Å². The topological polar surface area (TPSA) is 22.1 Å². The zero-order valence-electron chi connectivity index (χ0n) is 12.7. The minimum atomic E-state index is 0.287. The highest BCUT2D eigenvalue weighted by molar-refractivity contribution is 6.18. The van der Waals surface area contributed by atoms with E-state index >= 15 is 0 Å². The molecule has 2 nitrogen and oxygen atoms in total. The summed E-state index contributed by atoms with van der Waals surface area (Å²) in [7, 11) is 0. The van der Waals surface area contributed by atoms with Crippen molar-refractivity contribution in [2.75, 3.05) is 0 Å². The van der Waals surface area contributed by atoms with Gasteiger partial charge in [0.1, 0.15) is 6.10 Å². The predicted molar refractivity (Wildman–Crippen MR) is 88.0 cm³/mol. The van der Waals surface area contributed by atoms with Crippen molar-refractivity contribution in [2.24, 2.45) is 5.41 Å². The number of hydrogen-bond acceptors (Lipinski definition) is 2. The average Bonchev–Trinajstić information content (AvgIpc) is 2.48. The summed E-state index contributed by atoms with van der Waals surface area (Å²) in [6.07, 6.45) is 4.94. The maximum absolute atomic E-state index is 6.13. The third-order valence-corrected chi connectivity index (χ3v) is 4.78. The molecule has 0 atom stereocenters. The zero-order chi connectivity index (χ0) is 14.9. The van der Waals surface area contributed by atoms with Crippen LogP contribution in [0.2, 0.25) is 0 Å². The van der Waals surface area contributed by atoms with E-state index in [-0.39, 0.29) is 6.10 Å². The minimum Gasteiger partial charge on any atom is -0.474 e. The summed E-state index contributed by atoms with van der Waals surface area (Å²) in [6.45, 7) is 4.67. The number of hydrogen-bond donors (Lipinski definition) is 0. The second-order valence-electron chi connectivity index (χ2n) is 6.75. The number of benzene rings is 1. The molecular formula is C18H22ClNO. The van der Waals surface area contributed by atoms with E-state index in [1.54, 1.807) is 0 Å². The highest BCUT2D eigenvalue weighted by Gasteiger charge is 2.28. The Morgan fingerprint density at radius 1 is 1.24 bits per heavy atom. The first-order valence-corrected chi connectivity index (χ1v) is 8.22. The molecule has 1 fully saturated rings. The molecule has 0 amide bonds. The summed E-state index contributed by atoms with van der Waals surface area (Å²) in [6, 6.07) is 10.1. The molecule has 0 radical (unpaired) electrons. The van der Waals surface area contributed by atoms with Crippen LogP contribution in [0, 0.1) is 5.41 Å². The van der Waals surface area contributed by atoms with Crippen LogP contribution in [0.4, 0.5) is 0 Å². The molecule has 1 heterocycles. The lowest BCUT2D eigenvalue weighted by atomic mass is 9.76. The van der Waals surface area contributed by atoms with Crippen molar-refractivity contribution in [3.8, 4) is 5.88 Å². The number of fused-ring (bicyclic) bond motifs is 1. The number of ether oxygens (including phenoxy) is 1. The molecule has 1 aromatic carbocycles. The fourth-order valence-corrected chi connectivity index (χ4v) is 3.27. The summed E-state index contributed by atoms with van der Waals surface area (Å²) in [5.41, 5.74) is 2.51. The van der Waals surface area contributed by atoms with Gasteiger partial charge in [0.25, 0.3) is 0 Å². The molecular weight excluding hydrogens is 282 g/mol. The fourth-order valence-electron chi connectivity index (χ4n) is 3.05. The van der Waals surface area contributed by atoms with Crippen molar-refractivity contribution in [3.05, 3.63) is 35.9 Å². The lowest BCUT2D eigenvalue weighted by Crippen LogP contribution is -2.28. The maximum atomic E-state index is 6.13. The van der Waals surface area contributed by atoms with Crippen molar-refractivity contribution < 1.29 is 4.74 Å². The van der Waals surface area contributed by atoms with Gasteiger partial charge in [-0.15, -0.1) is 11.6 Å². The van der Waals surface area contributed by atoms with Gasteiger partial charge in [-0.1, -0.05) is 32.0 Å². The van der Waals surface area contributed by atoms with Crippen LogP contribution in [0.15, 0.2) is 30.3 Å². The average molecular weight is 304 g/mol. The molecule has 2 aromatic rings. The van der Waals surface area contributed by atoms with Crippen LogP contribution in [-0.4, -0.2) is 11.1 Å². The second-order valence-corrected chi connectivity index (χ2v) is 7.02. The van der Waals surface area contributed by atoms with Crippen LogP contribution < -0.4 is 4.74 Å². The Balaban J connectivity index is 1.81. The van der Waals surface area contributed by atoms with Crippen molar-refractivity contribution in [1.82, 2.24) is 4.98 Å². The van der Waals surface area contributed by atoms with Crippen LogP contribution >= 0.6 is 11.6 Å². The zero-order valence-corrected chi connectivity index (χ0v) is 13.5. The van der Waals surface area contributed by atoms with Gasteiger partial charge < -0.3 is 4.74 Å². The fraction of sp³-hybridized carbons (Fsp3) is 0.500. The molecule has 1 aromatic heterocycles. The number of pyridine rings is 1. The highest BCUT2D eigenvalue weighted by Crippen LogP contribution is 2.36. The van der Waals surface area contributed by atoms with E-state index in [1.807, 2.05) is 24.3 Å². The van der Waals surface area contributed by atoms with E-state index in [9.17, 15) is 0 Å². The van der Waals surface area contributed by atoms with Gasteiger partial charge in [0.2, 0.25) is 5.88 Å².